The molecule has 0 radical (unpaired) electrons. The minimum absolute atomic E-state index is 0.0912. The van der Waals surface area contributed by atoms with Crippen molar-refractivity contribution in [2.45, 2.75) is 11.9 Å². The lowest BCUT2D eigenvalue weighted by Crippen LogP contribution is -2.00. The predicted molar refractivity (Wildman–Crippen MR) is 64.9 cm³/mol. The van der Waals surface area contributed by atoms with Gasteiger partial charge in [-0.2, -0.15) is 0 Å². The van der Waals surface area contributed by atoms with Crippen LogP contribution in [0.1, 0.15) is 11.3 Å². The summed E-state index contributed by atoms with van der Waals surface area (Å²) < 4.78 is 1.69. The fourth-order valence-electron chi connectivity index (χ4n) is 1.39. The maximum Gasteiger partial charge on any atom is 0.269 e. The van der Waals surface area contributed by atoms with E-state index < -0.39 is 4.92 Å². The molecule has 0 aliphatic carbocycles. The standard InChI is InChI=1S/C10H9BrN4O2/c11-5-9-7-14(13-12-9)6-8-1-3-10(4-2-8)15(16)17/h1-4,7H,5-6H2. The second kappa shape index (κ2) is 5.05. The molecule has 17 heavy (non-hydrogen) atoms. The molecule has 6 nitrogen and oxygen atoms in total. The highest BCUT2D eigenvalue weighted by molar-refractivity contribution is 9.08. The normalized spacial score (nSPS) is 10.4. The summed E-state index contributed by atoms with van der Waals surface area (Å²) >= 11 is 3.29. The average molecular weight is 297 g/mol. The lowest BCUT2D eigenvalue weighted by molar-refractivity contribution is -0.384. The highest BCUT2D eigenvalue weighted by Crippen LogP contribution is 2.12. The van der Waals surface area contributed by atoms with E-state index in [9.17, 15) is 10.1 Å². The van der Waals surface area contributed by atoms with E-state index >= 15 is 0 Å². The molecule has 0 fully saturated rings. The second-order valence-electron chi connectivity index (χ2n) is 3.46. The smallest absolute Gasteiger partial charge is 0.258 e. The number of halogens is 1. The van der Waals surface area contributed by atoms with Crippen LogP contribution in [-0.4, -0.2) is 19.9 Å². The molecule has 2 rings (SSSR count). The van der Waals surface area contributed by atoms with Crippen LogP contribution < -0.4 is 0 Å². The lowest BCUT2D eigenvalue weighted by atomic mass is 10.2. The van der Waals surface area contributed by atoms with E-state index in [0.717, 1.165) is 11.3 Å². The number of alkyl halides is 1. The van der Waals surface area contributed by atoms with Crippen molar-refractivity contribution in [3.8, 4) is 0 Å². The second-order valence-corrected chi connectivity index (χ2v) is 4.03. The van der Waals surface area contributed by atoms with Crippen LogP contribution >= 0.6 is 15.9 Å². The molecule has 0 saturated heterocycles. The Kier molecular flexibility index (Phi) is 3.48. The van der Waals surface area contributed by atoms with Crippen LogP contribution in [0.5, 0.6) is 0 Å². The van der Waals surface area contributed by atoms with Crippen LogP contribution in [0.4, 0.5) is 5.69 Å². The predicted octanol–water partition coefficient (Wildman–Crippen LogP) is 2.13. The summed E-state index contributed by atoms with van der Waals surface area (Å²) in [5.41, 5.74) is 1.89. The first-order valence-corrected chi connectivity index (χ1v) is 5.99. The van der Waals surface area contributed by atoms with E-state index in [2.05, 4.69) is 26.2 Å². The largest absolute Gasteiger partial charge is 0.269 e. The van der Waals surface area contributed by atoms with Gasteiger partial charge in [-0.15, -0.1) is 5.10 Å². The van der Waals surface area contributed by atoms with Gasteiger partial charge < -0.3 is 0 Å². The first-order valence-electron chi connectivity index (χ1n) is 4.87. The average Bonchev–Trinajstić information content (AvgIpc) is 2.77. The maximum atomic E-state index is 10.5. The summed E-state index contributed by atoms with van der Waals surface area (Å²) in [6, 6.07) is 6.40. The van der Waals surface area contributed by atoms with Crippen molar-refractivity contribution in [3.63, 3.8) is 0 Å². The molecule has 0 aliphatic heterocycles. The summed E-state index contributed by atoms with van der Waals surface area (Å²) in [5, 5.41) is 19.0. The monoisotopic (exact) mass is 296 g/mol. The SMILES string of the molecule is O=[N+]([O-])c1ccc(Cn2cc(CBr)nn2)cc1. The maximum absolute atomic E-state index is 10.5. The molecular formula is C10H9BrN4O2. The Morgan fingerprint density at radius 2 is 2.06 bits per heavy atom. The molecule has 1 aromatic heterocycles. The highest BCUT2D eigenvalue weighted by atomic mass is 79.9. The number of nitro benzene ring substituents is 1. The third kappa shape index (κ3) is 2.88. The Labute approximate surface area is 106 Å². The molecule has 0 bridgehead atoms. The van der Waals surface area contributed by atoms with E-state index in [1.807, 2.05) is 6.20 Å². The van der Waals surface area contributed by atoms with Gasteiger partial charge in [0.2, 0.25) is 0 Å². The van der Waals surface area contributed by atoms with Gasteiger partial charge in [-0.25, -0.2) is 4.68 Å². The van der Waals surface area contributed by atoms with Gasteiger partial charge in [0.1, 0.15) is 0 Å². The Bertz CT molecular complexity index is 523. The summed E-state index contributed by atoms with van der Waals surface area (Å²) in [6.45, 7) is 0.554. The van der Waals surface area contributed by atoms with Crippen molar-refractivity contribution in [2.24, 2.45) is 0 Å². The van der Waals surface area contributed by atoms with Gasteiger partial charge in [0.15, 0.2) is 0 Å². The zero-order chi connectivity index (χ0) is 12.3. The summed E-state index contributed by atoms with van der Waals surface area (Å²) in [4.78, 5) is 10.1. The quantitative estimate of drug-likeness (QED) is 0.492. The van der Waals surface area contributed by atoms with Crippen LogP contribution in [0.3, 0.4) is 0 Å². The third-order valence-electron chi connectivity index (χ3n) is 2.21. The number of hydrogen-bond donors (Lipinski definition) is 0. The molecular weight excluding hydrogens is 288 g/mol. The van der Waals surface area contributed by atoms with Gasteiger partial charge in [-0.1, -0.05) is 33.3 Å². The van der Waals surface area contributed by atoms with Crippen molar-refractivity contribution >= 4 is 21.6 Å². The van der Waals surface area contributed by atoms with Crippen LogP contribution in [0.15, 0.2) is 30.5 Å². The fourth-order valence-corrected chi connectivity index (χ4v) is 1.64. The van der Waals surface area contributed by atoms with Crippen molar-refractivity contribution in [1.82, 2.24) is 15.0 Å². The zero-order valence-electron chi connectivity index (χ0n) is 8.78. The number of non-ortho nitro benzene ring substituents is 1. The molecule has 1 aromatic carbocycles. The van der Waals surface area contributed by atoms with Gasteiger partial charge in [-0.3, -0.25) is 10.1 Å². The number of rotatable bonds is 4. The third-order valence-corrected chi connectivity index (χ3v) is 2.79. The Balaban J connectivity index is 2.10. The minimum atomic E-state index is -0.414. The van der Waals surface area contributed by atoms with Gasteiger partial charge in [-0.05, 0) is 5.56 Å². The van der Waals surface area contributed by atoms with Gasteiger partial charge >= 0.3 is 0 Å². The molecule has 2 aromatic rings. The Hall–Kier alpha value is -1.76. The molecule has 7 heteroatoms. The molecule has 0 aliphatic rings. The molecule has 0 unspecified atom stereocenters. The summed E-state index contributed by atoms with van der Waals surface area (Å²) in [6.07, 6.45) is 1.83. The first kappa shape index (κ1) is 11.7. The van der Waals surface area contributed by atoms with Gasteiger partial charge in [0, 0.05) is 23.7 Å². The van der Waals surface area contributed by atoms with Crippen molar-refractivity contribution < 1.29 is 4.92 Å². The first-order chi connectivity index (χ1) is 8.19. The fraction of sp³-hybridized carbons (Fsp3) is 0.200. The Morgan fingerprint density at radius 1 is 1.35 bits per heavy atom. The molecule has 0 saturated carbocycles. The molecule has 0 N–H and O–H groups in total. The topological polar surface area (TPSA) is 73.8 Å². The van der Waals surface area contributed by atoms with Crippen molar-refractivity contribution in [1.29, 1.82) is 0 Å². The van der Waals surface area contributed by atoms with E-state index in [-0.39, 0.29) is 5.69 Å². The van der Waals surface area contributed by atoms with E-state index in [1.165, 1.54) is 12.1 Å². The van der Waals surface area contributed by atoms with Gasteiger partial charge in [0.05, 0.1) is 17.2 Å². The lowest BCUT2D eigenvalue weighted by Gasteiger charge is -2.00. The van der Waals surface area contributed by atoms with Crippen LogP contribution in [0.2, 0.25) is 0 Å². The van der Waals surface area contributed by atoms with Gasteiger partial charge in [0.25, 0.3) is 5.69 Å². The number of nitro groups is 1. The summed E-state index contributed by atoms with van der Waals surface area (Å²) in [7, 11) is 0. The Morgan fingerprint density at radius 3 is 2.59 bits per heavy atom. The zero-order valence-corrected chi connectivity index (χ0v) is 10.4. The summed E-state index contributed by atoms with van der Waals surface area (Å²) in [5.74, 6) is 0. The van der Waals surface area contributed by atoms with Crippen molar-refractivity contribution in [2.75, 3.05) is 0 Å². The number of hydrogen-bond acceptors (Lipinski definition) is 4. The molecule has 0 spiro atoms. The van der Waals surface area contributed by atoms with Crippen LogP contribution in [-0.2, 0) is 11.9 Å². The number of aromatic nitrogens is 3. The molecule has 88 valence electrons. The number of benzene rings is 1. The van der Waals surface area contributed by atoms with E-state index in [0.29, 0.717) is 11.9 Å². The molecule has 0 amide bonds. The van der Waals surface area contributed by atoms with E-state index in [4.69, 9.17) is 0 Å². The molecule has 0 atom stereocenters. The van der Waals surface area contributed by atoms with Crippen LogP contribution in [0.25, 0.3) is 0 Å². The number of nitrogens with zero attached hydrogens (tertiary/aromatic N) is 4. The minimum Gasteiger partial charge on any atom is -0.258 e. The highest BCUT2D eigenvalue weighted by Gasteiger charge is 2.05. The van der Waals surface area contributed by atoms with E-state index in [1.54, 1.807) is 16.8 Å². The van der Waals surface area contributed by atoms with Crippen LogP contribution in [0, 0.1) is 10.1 Å². The molecule has 1 heterocycles. The van der Waals surface area contributed by atoms with Crippen molar-refractivity contribution in [3.05, 3.63) is 51.8 Å².